The van der Waals surface area contributed by atoms with Crippen LogP contribution in [0, 0.1) is 11.8 Å². The lowest BCUT2D eigenvalue weighted by Crippen LogP contribution is -2.30. The van der Waals surface area contributed by atoms with E-state index < -0.39 is 17.8 Å². The van der Waals surface area contributed by atoms with Crippen LogP contribution >= 0.6 is 0 Å². The zero-order valence-electron chi connectivity index (χ0n) is 17.2. The summed E-state index contributed by atoms with van der Waals surface area (Å²) in [7, 11) is 0. The van der Waals surface area contributed by atoms with Gasteiger partial charge in [-0.25, -0.2) is 0 Å². The highest BCUT2D eigenvalue weighted by Crippen LogP contribution is 2.26. The Hall–Kier alpha value is -1.39. The van der Waals surface area contributed by atoms with E-state index in [-0.39, 0.29) is 11.9 Å². The highest BCUT2D eigenvalue weighted by Gasteiger charge is 2.25. The predicted octanol–water partition coefficient (Wildman–Crippen LogP) is 4.33. The molecule has 1 aliphatic carbocycles. The average Bonchev–Trinajstić information content (AvgIpc) is 2.48. The van der Waals surface area contributed by atoms with Crippen LogP contribution in [0.1, 0.15) is 67.2 Å². The van der Waals surface area contributed by atoms with E-state index in [2.05, 4.69) is 19.9 Å². The fourth-order valence-corrected chi connectivity index (χ4v) is 3.23. The highest BCUT2D eigenvalue weighted by atomic mass is 16.5. The lowest BCUT2D eigenvalue weighted by atomic mass is 9.85. The first kappa shape index (κ1) is 22.7. The van der Waals surface area contributed by atoms with Crippen LogP contribution in [0.25, 0.3) is 0 Å². The Kier molecular flexibility index (Phi) is 8.78. The highest BCUT2D eigenvalue weighted by molar-refractivity contribution is 5.66. The molecule has 2 N–H and O–H groups in total. The summed E-state index contributed by atoms with van der Waals surface area (Å²) in [5.41, 5.74) is 0.994. The second-order valence-corrected chi connectivity index (χ2v) is 8.23. The fourth-order valence-electron chi connectivity index (χ4n) is 3.23. The van der Waals surface area contributed by atoms with Crippen molar-refractivity contribution in [3.8, 4) is 0 Å². The first-order valence-corrected chi connectivity index (χ1v) is 9.61. The van der Waals surface area contributed by atoms with Crippen LogP contribution in [0.2, 0.25) is 0 Å². The summed E-state index contributed by atoms with van der Waals surface area (Å²) in [6.07, 6.45) is 9.46. The van der Waals surface area contributed by atoms with Crippen LogP contribution in [0.4, 0.5) is 0 Å². The van der Waals surface area contributed by atoms with Crippen molar-refractivity contribution in [1.29, 1.82) is 0 Å². The third-order valence-corrected chi connectivity index (χ3v) is 4.99. The van der Waals surface area contributed by atoms with Gasteiger partial charge < -0.3 is 14.9 Å². The van der Waals surface area contributed by atoms with Gasteiger partial charge in [-0.05, 0) is 63.5 Å². The van der Waals surface area contributed by atoms with E-state index >= 15 is 0 Å². The molecule has 0 aromatic carbocycles. The molecule has 0 radical (unpaired) electrons. The number of carbonyl (C=O) groups excluding carboxylic acids is 1. The number of carbonyl (C=O) groups is 1. The lowest BCUT2D eigenvalue weighted by molar-refractivity contribution is -0.145. The molecule has 0 fully saturated rings. The van der Waals surface area contributed by atoms with Gasteiger partial charge in [-0.3, -0.25) is 4.79 Å². The molecule has 4 heteroatoms. The Labute approximate surface area is 158 Å². The summed E-state index contributed by atoms with van der Waals surface area (Å²) < 4.78 is 5.40. The van der Waals surface area contributed by atoms with Gasteiger partial charge in [0, 0.05) is 13.3 Å². The summed E-state index contributed by atoms with van der Waals surface area (Å²) in [6, 6.07) is 0. The molecule has 26 heavy (non-hydrogen) atoms. The molecule has 0 aromatic heterocycles. The van der Waals surface area contributed by atoms with Gasteiger partial charge in [-0.15, -0.1) is 0 Å². The third-order valence-electron chi connectivity index (χ3n) is 4.99. The zero-order chi connectivity index (χ0) is 19.9. The minimum Gasteiger partial charge on any atom is -0.458 e. The second-order valence-electron chi connectivity index (χ2n) is 8.23. The summed E-state index contributed by atoms with van der Waals surface area (Å²) in [5, 5.41) is 21.3. The minimum atomic E-state index is -1.09. The van der Waals surface area contributed by atoms with Crippen LogP contribution in [-0.4, -0.2) is 34.0 Å². The molecular weight excluding hydrogens is 328 g/mol. The summed E-state index contributed by atoms with van der Waals surface area (Å²) in [6.45, 7) is 11.3. The van der Waals surface area contributed by atoms with Gasteiger partial charge in [0.15, 0.2) is 0 Å². The molecular formula is C22H36O4. The minimum absolute atomic E-state index is 0.159. The van der Waals surface area contributed by atoms with Crippen molar-refractivity contribution >= 4 is 5.97 Å². The topological polar surface area (TPSA) is 66.8 Å². The molecule has 0 spiro atoms. The van der Waals surface area contributed by atoms with Gasteiger partial charge in [0.1, 0.15) is 6.10 Å². The van der Waals surface area contributed by atoms with Gasteiger partial charge in [0.2, 0.25) is 0 Å². The first-order valence-electron chi connectivity index (χ1n) is 9.61. The molecule has 0 heterocycles. The predicted molar refractivity (Wildman–Crippen MR) is 106 cm³/mol. The third kappa shape index (κ3) is 8.33. The summed E-state index contributed by atoms with van der Waals surface area (Å²) in [4.78, 5) is 11.4. The fraction of sp³-hybridized carbons (Fsp3) is 0.682. The number of hydrogen-bond acceptors (Lipinski definition) is 4. The van der Waals surface area contributed by atoms with E-state index in [4.69, 9.17) is 4.74 Å². The maximum absolute atomic E-state index is 11.4. The van der Waals surface area contributed by atoms with Crippen molar-refractivity contribution < 1.29 is 19.7 Å². The summed E-state index contributed by atoms with van der Waals surface area (Å²) >= 11 is 0. The SMILES string of the molecule is CC(=O)O[C@H]1/C=C(\C)CC/C=C(\C)[C@@H](O)C[C@@H](C(C)C)C=C[C@@](C)(O)C1. The van der Waals surface area contributed by atoms with Crippen molar-refractivity contribution in [2.75, 3.05) is 0 Å². The van der Waals surface area contributed by atoms with E-state index in [0.29, 0.717) is 18.8 Å². The maximum Gasteiger partial charge on any atom is 0.303 e. The van der Waals surface area contributed by atoms with Crippen molar-refractivity contribution in [3.05, 3.63) is 35.5 Å². The number of allylic oxidation sites excluding steroid dienone is 3. The monoisotopic (exact) mass is 364 g/mol. The molecule has 0 amide bonds. The summed E-state index contributed by atoms with van der Waals surface area (Å²) in [5.74, 6) is 0.162. The van der Waals surface area contributed by atoms with Crippen LogP contribution < -0.4 is 0 Å². The van der Waals surface area contributed by atoms with Crippen LogP contribution in [0.15, 0.2) is 35.5 Å². The number of aliphatic hydroxyl groups is 2. The Balaban J connectivity index is 3.18. The molecule has 4 nitrogen and oxygen atoms in total. The number of aliphatic hydroxyl groups excluding tert-OH is 1. The van der Waals surface area contributed by atoms with Crippen LogP contribution in [-0.2, 0) is 9.53 Å². The van der Waals surface area contributed by atoms with E-state index in [1.54, 1.807) is 13.0 Å². The van der Waals surface area contributed by atoms with Gasteiger partial charge in [-0.2, -0.15) is 0 Å². The van der Waals surface area contributed by atoms with E-state index in [1.165, 1.54) is 6.92 Å². The van der Waals surface area contributed by atoms with Crippen molar-refractivity contribution in [1.82, 2.24) is 0 Å². The van der Waals surface area contributed by atoms with Crippen LogP contribution in [0.5, 0.6) is 0 Å². The second kappa shape index (κ2) is 10.1. The number of ether oxygens (including phenoxy) is 1. The van der Waals surface area contributed by atoms with E-state index in [1.807, 2.05) is 26.0 Å². The quantitative estimate of drug-likeness (QED) is 0.565. The molecule has 0 aliphatic heterocycles. The van der Waals surface area contributed by atoms with Gasteiger partial charge in [0.05, 0.1) is 11.7 Å². The standard InChI is InChI=1S/C22H36O4/c1-15(2)19-10-11-22(6,25)14-20(26-18(5)23)12-16(3)8-7-9-17(4)21(24)13-19/h9-12,15,19-21,24-25H,7-8,13-14H2,1-6H3/b11-10?,16-12+,17-9+/t19-,20-,21-,22+/m0/s1. The lowest BCUT2D eigenvalue weighted by Gasteiger charge is -2.27. The Morgan fingerprint density at radius 1 is 1.35 bits per heavy atom. The molecule has 148 valence electrons. The van der Waals surface area contributed by atoms with Gasteiger partial charge in [0.25, 0.3) is 0 Å². The molecule has 1 aliphatic rings. The largest absolute Gasteiger partial charge is 0.458 e. The van der Waals surface area contributed by atoms with Crippen LogP contribution in [0.3, 0.4) is 0 Å². The molecule has 0 unspecified atom stereocenters. The van der Waals surface area contributed by atoms with Gasteiger partial charge >= 0.3 is 5.97 Å². The Morgan fingerprint density at radius 2 is 2.00 bits per heavy atom. The average molecular weight is 365 g/mol. The smallest absolute Gasteiger partial charge is 0.303 e. The molecule has 0 aromatic rings. The van der Waals surface area contributed by atoms with Gasteiger partial charge in [-0.1, -0.05) is 37.6 Å². The number of rotatable bonds is 2. The number of esters is 1. The molecule has 0 saturated carbocycles. The first-order chi connectivity index (χ1) is 12.0. The van der Waals surface area contributed by atoms with Crippen molar-refractivity contribution in [2.24, 2.45) is 11.8 Å². The molecule has 0 saturated heterocycles. The Bertz CT molecular complexity index is 554. The maximum atomic E-state index is 11.4. The van der Waals surface area contributed by atoms with E-state index in [0.717, 1.165) is 24.0 Å². The van der Waals surface area contributed by atoms with E-state index in [9.17, 15) is 15.0 Å². The molecule has 1 rings (SSSR count). The van der Waals surface area contributed by atoms with Crippen molar-refractivity contribution in [2.45, 2.75) is 85.0 Å². The van der Waals surface area contributed by atoms with Crippen molar-refractivity contribution in [3.63, 3.8) is 0 Å². The number of hydrogen-bond donors (Lipinski definition) is 2. The molecule has 4 atom stereocenters. The Morgan fingerprint density at radius 3 is 2.58 bits per heavy atom. The zero-order valence-corrected chi connectivity index (χ0v) is 17.2. The molecule has 0 bridgehead atoms. The normalized spacial score (nSPS) is 35.8.